The Morgan fingerprint density at radius 2 is 2.39 bits per heavy atom. The highest BCUT2D eigenvalue weighted by Crippen LogP contribution is 2.12. The van der Waals surface area contributed by atoms with Crippen molar-refractivity contribution < 1.29 is 4.79 Å². The quantitative estimate of drug-likeness (QED) is 0.885. The standard InChI is InChI=1S/C13H15N3OS/c1-9(7-10-3-2-6-18-10)16-13(17)11-8-15-5-4-12(11)14/h2-6,8-9H,7H2,1H3,(H2,14,15)(H,16,17). The van der Waals surface area contributed by atoms with Crippen LogP contribution in [0.15, 0.2) is 36.0 Å². The SMILES string of the molecule is CC(Cc1cccs1)NC(=O)c1cnccc1N. The van der Waals surface area contributed by atoms with Crippen molar-refractivity contribution in [3.63, 3.8) is 0 Å². The van der Waals surface area contributed by atoms with Crippen LogP contribution in [-0.4, -0.2) is 16.9 Å². The lowest BCUT2D eigenvalue weighted by Crippen LogP contribution is -2.34. The number of nitrogen functional groups attached to an aromatic ring is 1. The Morgan fingerprint density at radius 3 is 3.06 bits per heavy atom. The molecule has 2 rings (SSSR count). The molecule has 0 aliphatic carbocycles. The highest BCUT2D eigenvalue weighted by molar-refractivity contribution is 7.09. The second-order valence-corrected chi connectivity index (χ2v) is 5.15. The van der Waals surface area contributed by atoms with Gasteiger partial charge in [-0.25, -0.2) is 0 Å². The summed E-state index contributed by atoms with van der Waals surface area (Å²) in [5.41, 5.74) is 6.61. The van der Waals surface area contributed by atoms with Gasteiger partial charge in [0.1, 0.15) is 0 Å². The molecule has 3 N–H and O–H groups in total. The first-order chi connectivity index (χ1) is 8.66. The minimum Gasteiger partial charge on any atom is -0.398 e. The number of thiophene rings is 1. The smallest absolute Gasteiger partial charge is 0.255 e. The van der Waals surface area contributed by atoms with Crippen molar-refractivity contribution in [2.45, 2.75) is 19.4 Å². The van der Waals surface area contributed by atoms with Crippen molar-refractivity contribution in [3.8, 4) is 0 Å². The lowest BCUT2D eigenvalue weighted by molar-refractivity contribution is 0.0941. The number of carbonyl (C=O) groups is 1. The third-order valence-electron chi connectivity index (χ3n) is 2.56. The van der Waals surface area contributed by atoms with Gasteiger partial charge in [-0.3, -0.25) is 9.78 Å². The van der Waals surface area contributed by atoms with Crippen molar-refractivity contribution in [1.82, 2.24) is 10.3 Å². The van der Waals surface area contributed by atoms with E-state index in [9.17, 15) is 4.79 Å². The molecule has 1 atom stereocenters. The third kappa shape index (κ3) is 3.07. The molecule has 94 valence electrons. The number of nitrogens with two attached hydrogens (primary N) is 1. The van der Waals surface area contributed by atoms with Gasteiger partial charge in [-0.05, 0) is 24.4 Å². The Hall–Kier alpha value is -1.88. The molecule has 0 radical (unpaired) electrons. The van der Waals surface area contributed by atoms with Crippen molar-refractivity contribution in [3.05, 3.63) is 46.4 Å². The average Bonchev–Trinajstić information content (AvgIpc) is 2.82. The first kappa shape index (κ1) is 12.6. The molecule has 5 heteroatoms. The lowest BCUT2D eigenvalue weighted by atomic mass is 10.1. The van der Waals surface area contributed by atoms with Crippen LogP contribution in [0.2, 0.25) is 0 Å². The van der Waals surface area contributed by atoms with Gasteiger partial charge in [0, 0.05) is 35.4 Å². The molecule has 2 aromatic heterocycles. The van der Waals surface area contributed by atoms with Crippen LogP contribution in [0.4, 0.5) is 5.69 Å². The number of nitrogens with zero attached hydrogens (tertiary/aromatic N) is 1. The maximum Gasteiger partial charge on any atom is 0.255 e. The van der Waals surface area contributed by atoms with E-state index in [0.29, 0.717) is 11.3 Å². The van der Waals surface area contributed by atoms with Gasteiger partial charge in [-0.1, -0.05) is 6.07 Å². The van der Waals surface area contributed by atoms with E-state index in [0.717, 1.165) is 6.42 Å². The van der Waals surface area contributed by atoms with Crippen LogP contribution >= 0.6 is 11.3 Å². The van der Waals surface area contributed by atoms with Crippen LogP contribution in [-0.2, 0) is 6.42 Å². The second-order valence-electron chi connectivity index (χ2n) is 4.12. The molecule has 0 spiro atoms. The summed E-state index contributed by atoms with van der Waals surface area (Å²) in [7, 11) is 0. The topological polar surface area (TPSA) is 68.0 Å². The molecule has 4 nitrogen and oxygen atoms in total. The molecular formula is C13H15N3OS. The monoisotopic (exact) mass is 261 g/mol. The fraction of sp³-hybridized carbons (Fsp3) is 0.231. The van der Waals surface area contributed by atoms with Crippen molar-refractivity contribution in [2.24, 2.45) is 0 Å². The van der Waals surface area contributed by atoms with Gasteiger partial charge in [0.15, 0.2) is 0 Å². The molecule has 2 heterocycles. The van der Waals surface area contributed by atoms with Gasteiger partial charge >= 0.3 is 0 Å². The number of carbonyl (C=O) groups excluding carboxylic acids is 1. The van der Waals surface area contributed by atoms with Gasteiger partial charge < -0.3 is 11.1 Å². The molecular weight excluding hydrogens is 246 g/mol. The number of hydrogen-bond acceptors (Lipinski definition) is 4. The normalized spacial score (nSPS) is 12.1. The van der Waals surface area contributed by atoms with Crippen LogP contribution in [0.1, 0.15) is 22.2 Å². The van der Waals surface area contributed by atoms with Crippen LogP contribution in [0.5, 0.6) is 0 Å². The van der Waals surface area contributed by atoms with Gasteiger partial charge in [-0.2, -0.15) is 0 Å². The number of amides is 1. The van der Waals surface area contributed by atoms with E-state index in [1.54, 1.807) is 23.6 Å². The van der Waals surface area contributed by atoms with E-state index in [1.807, 2.05) is 18.4 Å². The number of nitrogens with one attached hydrogen (secondary N) is 1. The Bertz CT molecular complexity index is 525. The summed E-state index contributed by atoms with van der Waals surface area (Å²) < 4.78 is 0. The molecule has 0 aromatic carbocycles. The number of anilines is 1. The van der Waals surface area contributed by atoms with Crippen LogP contribution in [0.3, 0.4) is 0 Å². The zero-order valence-electron chi connectivity index (χ0n) is 10.1. The van der Waals surface area contributed by atoms with Crippen molar-refractivity contribution >= 4 is 22.9 Å². The van der Waals surface area contributed by atoms with Crippen LogP contribution in [0.25, 0.3) is 0 Å². The zero-order valence-corrected chi connectivity index (χ0v) is 10.9. The Balaban J connectivity index is 1.97. The molecule has 0 fully saturated rings. The lowest BCUT2D eigenvalue weighted by Gasteiger charge is -2.13. The molecule has 0 aliphatic rings. The van der Waals surface area contributed by atoms with E-state index in [2.05, 4.69) is 16.4 Å². The molecule has 0 saturated heterocycles. The van der Waals surface area contributed by atoms with Gasteiger partial charge in [0.05, 0.1) is 5.56 Å². The molecule has 1 amide bonds. The number of hydrogen-bond donors (Lipinski definition) is 2. The molecule has 18 heavy (non-hydrogen) atoms. The fourth-order valence-electron chi connectivity index (χ4n) is 1.68. The maximum atomic E-state index is 12.0. The largest absolute Gasteiger partial charge is 0.398 e. The maximum absolute atomic E-state index is 12.0. The third-order valence-corrected chi connectivity index (χ3v) is 3.46. The summed E-state index contributed by atoms with van der Waals surface area (Å²) in [6, 6.07) is 5.76. The second kappa shape index (κ2) is 5.64. The van der Waals surface area contributed by atoms with Gasteiger partial charge in [0.2, 0.25) is 0 Å². The fourth-order valence-corrected chi connectivity index (χ4v) is 2.51. The number of rotatable bonds is 4. The van der Waals surface area contributed by atoms with Crippen LogP contribution in [0, 0.1) is 0 Å². The van der Waals surface area contributed by atoms with Gasteiger partial charge in [-0.15, -0.1) is 11.3 Å². The summed E-state index contributed by atoms with van der Waals surface area (Å²) in [5.74, 6) is -0.176. The minimum absolute atomic E-state index is 0.0655. The van der Waals surface area contributed by atoms with E-state index < -0.39 is 0 Å². The van der Waals surface area contributed by atoms with Crippen LogP contribution < -0.4 is 11.1 Å². The first-order valence-electron chi connectivity index (χ1n) is 5.69. The summed E-state index contributed by atoms with van der Waals surface area (Å²) in [6.45, 7) is 1.98. The molecule has 2 aromatic rings. The Labute approximate surface area is 110 Å². The van der Waals surface area contributed by atoms with E-state index in [-0.39, 0.29) is 11.9 Å². The van der Waals surface area contributed by atoms with E-state index in [1.165, 1.54) is 11.1 Å². The number of aromatic nitrogens is 1. The van der Waals surface area contributed by atoms with Gasteiger partial charge in [0.25, 0.3) is 5.91 Å². The Morgan fingerprint density at radius 1 is 1.56 bits per heavy atom. The zero-order chi connectivity index (χ0) is 13.0. The van der Waals surface area contributed by atoms with E-state index in [4.69, 9.17) is 5.73 Å². The predicted molar refractivity (Wildman–Crippen MR) is 73.6 cm³/mol. The Kier molecular flexibility index (Phi) is 3.94. The van der Waals surface area contributed by atoms with Crippen molar-refractivity contribution in [2.75, 3.05) is 5.73 Å². The predicted octanol–water partition coefficient (Wildman–Crippen LogP) is 2.09. The summed E-state index contributed by atoms with van der Waals surface area (Å²) in [4.78, 5) is 17.1. The highest BCUT2D eigenvalue weighted by Gasteiger charge is 2.13. The summed E-state index contributed by atoms with van der Waals surface area (Å²) >= 11 is 1.69. The molecule has 1 unspecified atom stereocenters. The minimum atomic E-state index is -0.176. The number of pyridine rings is 1. The summed E-state index contributed by atoms with van der Waals surface area (Å²) in [5, 5.41) is 4.95. The molecule has 0 bridgehead atoms. The van der Waals surface area contributed by atoms with E-state index >= 15 is 0 Å². The van der Waals surface area contributed by atoms with Crippen molar-refractivity contribution in [1.29, 1.82) is 0 Å². The average molecular weight is 261 g/mol. The molecule has 0 saturated carbocycles. The first-order valence-corrected chi connectivity index (χ1v) is 6.57. The summed E-state index contributed by atoms with van der Waals surface area (Å²) in [6.07, 6.45) is 3.88. The molecule has 0 aliphatic heterocycles. The highest BCUT2D eigenvalue weighted by atomic mass is 32.1.